The molecule has 0 aliphatic heterocycles. The van der Waals surface area contributed by atoms with E-state index >= 15 is 0 Å². The van der Waals surface area contributed by atoms with Crippen molar-refractivity contribution in [1.82, 2.24) is 0 Å². The lowest BCUT2D eigenvalue weighted by molar-refractivity contribution is -0.174. The Bertz CT molecular complexity index is 590. The Balaban J connectivity index is 2.57. The van der Waals surface area contributed by atoms with Crippen molar-refractivity contribution in [3.8, 4) is 0 Å². The largest absolute Gasteiger partial charge is 0.498 e. The Kier molecular flexibility index (Phi) is 5.00. The van der Waals surface area contributed by atoms with E-state index < -0.39 is 17.7 Å². The highest BCUT2D eigenvalue weighted by atomic mass is 16.6. The average Bonchev–Trinajstić information content (AvgIpc) is 2.60. The molecule has 0 N–H and O–H groups in total. The van der Waals surface area contributed by atoms with Crippen LogP contribution < -0.4 is 0 Å². The molecule has 2 atom stereocenters. The van der Waals surface area contributed by atoms with Crippen LogP contribution in [0.15, 0.2) is 48.2 Å². The van der Waals surface area contributed by atoms with Crippen molar-refractivity contribution in [1.29, 1.82) is 0 Å². The zero-order valence-corrected chi connectivity index (χ0v) is 13.2. The maximum Gasteiger partial charge on any atom is 0.345 e. The monoisotopic (exact) mass is 304 g/mol. The standard InChI is InChI=1S/C17H20O5/c1-19-14-13(12-8-6-5-7-9-12)10-11-17(22-4,15(14)20-2)16(18)21-3/h5-11,15H,1-4H3. The number of methoxy groups -OCH3 is 4. The Morgan fingerprint density at radius 2 is 1.77 bits per heavy atom. The molecular formula is C17H20O5. The summed E-state index contributed by atoms with van der Waals surface area (Å²) < 4.78 is 21.4. The van der Waals surface area contributed by atoms with Crippen LogP contribution >= 0.6 is 0 Å². The molecule has 0 fully saturated rings. The molecule has 5 nitrogen and oxygen atoms in total. The van der Waals surface area contributed by atoms with Gasteiger partial charge in [0, 0.05) is 19.8 Å². The Hall–Kier alpha value is -2.11. The highest BCUT2D eigenvalue weighted by molar-refractivity contribution is 5.89. The number of carbonyl (C=O) groups is 1. The van der Waals surface area contributed by atoms with Crippen molar-refractivity contribution in [3.63, 3.8) is 0 Å². The van der Waals surface area contributed by atoms with Gasteiger partial charge in [-0.1, -0.05) is 36.4 Å². The summed E-state index contributed by atoms with van der Waals surface area (Å²) in [5.41, 5.74) is 0.436. The molecule has 0 bridgehead atoms. The first kappa shape index (κ1) is 16.3. The van der Waals surface area contributed by atoms with Crippen LogP contribution in [0.2, 0.25) is 0 Å². The number of ether oxygens (including phenoxy) is 4. The summed E-state index contributed by atoms with van der Waals surface area (Å²) in [6.45, 7) is 0. The van der Waals surface area contributed by atoms with E-state index in [9.17, 15) is 4.79 Å². The lowest BCUT2D eigenvalue weighted by Crippen LogP contribution is -2.53. The first-order chi connectivity index (χ1) is 10.6. The molecule has 1 aliphatic rings. The van der Waals surface area contributed by atoms with E-state index in [1.165, 1.54) is 21.3 Å². The topological polar surface area (TPSA) is 54.0 Å². The van der Waals surface area contributed by atoms with Crippen LogP contribution in [-0.4, -0.2) is 46.1 Å². The first-order valence-electron chi connectivity index (χ1n) is 6.83. The highest BCUT2D eigenvalue weighted by Crippen LogP contribution is 2.37. The Morgan fingerprint density at radius 1 is 1.09 bits per heavy atom. The molecule has 1 aromatic carbocycles. The van der Waals surface area contributed by atoms with Gasteiger partial charge in [0.05, 0.1) is 14.2 Å². The second-order valence-electron chi connectivity index (χ2n) is 4.79. The van der Waals surface area contributed by atoms with E-state index in [1.807, 2.05) is 30.3 Å². The number of benzene rings is 1. The molecule has 1 aromatic rings. The summed E-state index contributed by atoms with van der Waals surface area (Å²) in [6.07, 6.45) is 2.71. The number of hydrogen-bond donors (Lipinski definition) is 0. The first-order valence-corrected chi connectivity index (χ1v) is 6.83. The van der Waals surface area contributed by atoms with Crippen molar-refractivity contribution < 1.29 is 23.7 Å². The van der Waals surface area contributed by atoms with Gasteiger partial charge in [0.25, 0.3) is 0 Å². The van der Waals surface area contributed by atoms with Crippen LogP contribution in [0.3, 0.4) is 0 Å². The fourth-order valence-electron chi connectivity index (χ4n) is 2.66. The van der Waals surface area contributed by atoms with Gasteiger partial charge in [0.15, 0.2) is 6.10 Å². The van der Waals surface area contributed by atoms with Crippen molar-refractivity contribution in [3.05, 3.63) is 53.8 Å². The SMILES string of the molecule is COC(=O)C1(OC)C=CC(c2ccccc2)=C(OC)C1OC. The van der Waals surface area contributed by atoms with Gasteiger partial charge in [0.2, 0.25) is 5.60 Å². The summed E-state index contributed by atoms with van der Waals surface area (Å²) in [7, 11) is 5.80. The van der Waals surface area contributed by atoms with E-state index in [0.29, 0.717) is 5.76 Å². The van der Waals surface area contributed by atoms with E-state index in [0.717, 1.165) is 11.1 Å². The van der Waals surface area contributed by atoms with Crippen molar-refractivity contribution in [2.24, 2.45) is 0 Å². The fourth-order valence-corrected chi connectivity index (χ4v) is 2.66. The predicted molar refractivity (Wildman–Crippen MR) is 82.1 cm³/mol. The minimum Gasteiger partial charge on any atom is -0.498 e. The lowest BCUT2D eigenvalue weighted by Gasteiger charge is -2.37. The quantitative estimate of drug-likeness (QED) is 0.781. The van der Waals surface area contributed by atoms with Gasteiger partial charge in [-0.15, -0.1) is 0 Å². The third-order valence-corrected chi connectivity index (χ3v) is 3.77. The molecule has 5 heteroatoms. The highest BCUT2D eigenvalue weighted by Gasteiger charge is 2.51. The molecule has 0 saturated carbocycles. The molecule has 2 unspecified atom stereocenters. The van der Waals surface area contributed by atoms with Gasteiger partial charge in [-0.25, -0.2) is 4.79 Å². The zero-order valence-electron chi connectivity index (χ0n) is 13.2. The van der Waals surface area contributed by atoms with E-state index in [4.69, 9.17) is 18.9 Å². The number of allylic oxidation sites excluding steroid dienone is 2. The predicted octanol–water partition coefficient (Wildman–Crippen LogP) is 2.19. The molecule has 0 saturated heterocycles. The van der Waals surface area contributed by atoms with Gasteiger partial charge in [-0.05, 0) is 11.6 Å². The van der Waals surface area contributed by atoms with E-state index in [-0.39, 0.29) is 0 Å². The minimum atomic E-state index is -1.37. The molecule has 0 aromatic heterocycles. The zero-order chi connectivity index (χ0) is 16.2. The molecule has 0 amide bonds. The third-order valence-electron chi connectivity index (χ3n) is 3.77. The van der Waals surface area contributed by atoms with E-state index in [2.05, 4.69) is 0 Å². The summed E-state index contributed by atoms with van der Waals surface area (Å²) in [4.78, 5) is 12.2. The van der Waals surface area contributed by atoms with Gasteiger partial charge in [-0.2, -0.15) is 0 Å². The normalized spacial score (nSPS) is 24.3. The van der Waals surface area contributed by atoms with Crippen LogP contribution in [0.4, 0.5) is 0 Å². The second-order valence-corrected chi connectivity index (χ2v) is 4.79. The van der Waals surface area contributed by atoms with Crippen LogP contribution in [0.5, 0.6) is 0 Å². The number of hydrogen-bond acceptors (Lipinski definition) is 5. The van der Waals surface area contributed by atoms with Gasteiger partial charge < -0.3 is 18.9 Å². The van der Waals surface area contributed by atoms with Crippen molar-refractivity contribution >= 4 is 11.5 Å². The maximum atomic E-state index is 12.2. The van der Waals surface area contributed by atoms with Crippen LogP contribution in [0.1, 0.15) is 5.56 Å². The number of rotatable bonds is 5. The summed E-state index contributed by atoms with van der Waals surface area (Å²) >= 11 is 0. The Morgan fingerprint density at radius 3 is 2.27 bits per heavy atom. The molecule has 0 heterocycles. The lowest BCUT2D eigenvalue weighted by atomic mass is 9.85. The van der Waals surface area contributed by atoms with E-state index in [1.54, 1.807) is 19.3 Å². The smallest absolute Gasteiger partial charge is 0.345 e. The summed E-state index contributed by atoms with van der Waals surface area (Å²) in [6, 6.07) is 9.73. The third kappa shape index (κ3) is 2.53. The van der Waals surface area contributed by atoms with Crippen molar-refractivity contribution in [2.45, 2.75) is 11.7 Å². The minimum absolute atomic E-state index is 0.517. The van der Waals surface area contributed by atoms with Gasteiger partial charge >= 0.3 is 5.97 Å². The molecule has 22 heavy (non-hydrogen) atoms. The van der Waals surface area contributed by atoms with Crippen LogP contribution in [-0.2, 0) is 23.7 Å². The second kappa shape index (κ2) is 6.77. The van der Waals surface area contributed by atoms with Crippen LogP contribution in [0, 0.1) is 0 Å². The maximum absolute atomic E-state index is 12.2. The molecular weight excluding hydrogens is 284 g/mol. The van der Waals surface area contributed by atoms with Crippen molar-refractivity contribution in [2.75, 3.05) is 28.4 Å². The van der Waals surface area contributed by atoms with Gasteiger partial charge in [0.1, 0.15) is 5.76 Å². The molecule has 1 aliphatic carbocycles. The average molecular weight is 304 g/mol. The number of carbonyl (C=O) groups excluding carboxylic acids is 1. The molecule has 2 rings (SSSR count). The molecule has 0 spiro atoms. The van der Waals surface area contributed by atoms with Crippen LogP contribution in [0.25, 0.3) is 5.57 Å². The number of esters is 1. The summed E-state index contributed by atoms with van der Waals surface area (Å²) in [5.74, 6) is -0.0248. The summed E-state index contributed by atoms with van der Waals surface area (Å²) in [5, 5.41) is 0. The molecule has 118 valence electrons. The van der Waals surface area contributed by atoms with Gasteiger partial charge in [-0.3, -0.25) is 0 Å². The fraction of sp³-hybridized carbons (Fsp3) is 0.353. The Labute approximate surface area is 130 Å². The molecule has 0 radical (unpaired) electrons.